The highest BCUT2D eigenvalue weighted by Gasteiger charge is 2.15. The van der Waals surface area contributed by atoms with Gasteiger partial charge < -0.3 is 4.90 Å². The van der Waals surface area contributed by atoms with Gasteiger partial charge in [-0.1, -0.05) is 6.92 Å². The van der Waals surface area contributed by atoms with Crippen LogP contribution in [0.5, 0.6) is 0 Å². The van der Waals surface area contributed by atoms with Crippen LogP contribution in [0.3, 0.4) is 0 Å². The summed E-state index contributed by atoms with van der Waals surface area (Å²) >= 11 is 0. The zero-order valence-corrected chi connectivity index (χ0v) is 10.4. The number of nitrogens with zero attached hydrogens (tertiary/aromatic N) is 1. The van der Waals surface area contributed by atoms with Crippen LogP contribution in [0.4, 0.5) is 0 Å². The third kappa shape index (κ3) is 6.12. The lowest BCUT2D eigenvalue weighted by Crippen LogP contribution is -2.35. The normalized spacial score (nSPS) is 24.3. The van der Waals surface area contributed by atoms with Gasteiger partial charge in [-0.2, -0.15) is 8.42 Å². The summed E-state index contributed by atoms with van der Waals surface area (Å²) in [5, 5.41) is 0. The lowest BCUT2D eigenvalue weighted by Gasteiger charge is -2.30. The van der Waals surface area contributed by atoms with Gasteiger partial charge in [-0.15, -0.1) is 0 Å². The van der Waals surface area contributed by atoms with Crippen molar-refractivity contribution in [1.29, 1.82) is 0 Å². The molecule has 0 N–H and O–H groups in total. The van der Waals surface area contributed by atoms with Crippen LogP contribution in [-0.4, -0.2) is 45.8 Å². The van der Waals surface area contributed by atoms with Gasteiger partial charge in [0, 0.05) is 13.1 Å². The van der Waals surface area contributed by atoms with Gasteiger partial charge in [0.15, 0.2) is 0 Å². The fourth-order valence-corrected chi connectivity index (χ4v) is 2.41. The zero-order chi connectivity index (χ0) is 11.3. The Hall–Kier alpha value is -0.130. The molecule has 0 saturated carbocycles. The molecule has 0 aliphatic carbocycles. The summed E-state index contributed by atoms with van der Waals surface area (Å²) in [6, 6.07) is 0. The molecule has 1 unspecified atom stereocenters. The average molecular weight is 235 g/mol. The van der Waals surface area contributed by atoms with E-state index in [9.17, 15) is 8.42 Å². The molecule has 90 valence electrons. The van der Waals surface area contributed by atoms with Gasteiger partial charge in [0.25, 0.3) is 10.1 Å². The molecule has 1 aliphatic rings. The fraction of sp³-hybridized carbons (Fsp3) is 1.00. The molecule has 0 aromatic carbocycles. The van der Waals surface area contributed by atoms with Crippen LogP contribution in [0.2, 0.25) is 0 Å². The van der Waals surface area contributed by atoms with E-state index in [1.54, 1.807) is 0 Å². The maximum Gasteiger partial charge on any atom is 0.264 e. The summed E-state index contributed by atoms with van der Waals surface area (Å²) in [7, 11) is -3.26. The van der Waals surface area contributed by atoms with Crippen LogP contribution in [0.25, 0.3) is 0 Å². The van der Waals surface area contributed by atoms with Crippen LogP contribution in [0.15, 0.2) is 0 Å². The highest BCUT2D eigenvalue weighted by atomic mass is 32.2. The molecule has 0 amide bonds. The van der Waals surface area contributed by atoms with Crippen LogP contribution in [-0.2, 0) is 14.3 Å². The first-order valence-corrected chi connectivity index (χ1v) is 7.36. The second kappa shape index (κ2) is 5.82. The summed E-state index contributed by atoms with van der Waals surface area (Å²) in [6.45, 7) is 5.80. The van der Waals surface area contributed by atoms with Gasteiger partial charge in [-0.25, -0.2) is 0 Å². The maximum atomic E-state index is 10.7. The first kappa shape index (κ1) is 12.9. The Kier molecular flexibility index (Phi) is 5.02. The predicted octanol–water partition coefficient (Wildman–Crippen LogP) is 1.08. The second-order valence-electron chi connectivity index (χ2n) is 4.43. The van der Waals surface area contributed by atoms with Gasteiger partial charge in [0.1, 0.15) is 0 Å². The van der Waals surface area contributed by atoms with E-state index in [0.717, 1.165) is 38.2 Å². The molecule has 15 heavy (non-hydrogen) atoms. The van der Waals surface area contributed by atoms with E-state index in [0.29, 0.717) is 6.61 Å². The molecule has 0 spiro atoms. The molecular formula is C10H21NO3S. The minimum absolute atomic E-state index is 0.309. The van der Waals surface area contributed by atoms with Crippen LogP contribution >= 0.6 is 0 Å². The van der Waals surface area contributed by atoms with Gasteiger partial charge in [-0.05, 0) is 31.7 Å². The Morgan fingerprint density at radius 3 is 2.80 bits per heavy atom. The van der Waals surface area contributed by atoms with Crippen molar-refractivity contribution in [2.24, 2.45) is 5.92 Å². The number of likely N-dealkylation sites (tertiary alicyclic amines) is 1. The quantitative estimate of drug-likeness (QED) is 0.528. The number of rotatable bonds is 5. The van der Waals surface area contributed by atoms with Crippen molar-refractivity contribution < 1.29 is 12.6 Å². The monoisotopic (exact) mass is 235 g/mol. The van der Waals surface area contributed by atoms with Crippen molar-refractivity contribution >= 4 is 10.1 Å². The highest BCUT2D eigenvalue weighted by molar-refractivity contribution is 7.85. The molecule has 0 bridgehead atoms. The number of hydrogen-bond acceptors (Lipinski definition) is 4. The average Bonchev–Trinajstić information content (AvgIpc) is 2.11. The summed E-state index contributed by atoms with van der Waals surface area (Å²) in [5.74, 6) is 0.773. The van der Waals surface area contributed by atoms with E-state index in [1.165, 1.54) is 12.8 Å². The third-order valence-corrected chi connectivity index (χ3v) is 3.25. The van der Waals surface area contributed by atoms with Gasteiger partial charge in [0.05, 0.1) is 12.9 Å². The lowest BCUT2D eigenvalue weighted by atomic mass is 10.0. The Bertz CT molecular complexity index is 276. The lowest BCUT2D eigenvalue weighted by molar-refractivity contribution is 0.171. The van der Waals surface area contributed by atoms with Gasteiger partial charge in [-0.3, -0.25) is 4.18 Å². The van der Waals surface area contributed by atoms with E-state index < -0.39 is 10.1 Å². The van der Waals surface area contributed by atoms with E-state index in [4.69, 9.17) is 4.18 Å². The Morgan fingerprint density at radius 2 is 2.20 bits per heavy atom. The Morgan fingerprint density at radius 1 is 1.47 bits per heavy atom. The molecule has 1 rings (SSSR count). The summed E-state index contributed by atoms with van der Waals surface area (Å²) in [5.41, 5.74) is 0. The van der Waals surface area contributed by atoms with Crippen molar-refractivity contribution in [2.45, 2.75) is 26.2 Å². The molecule has 1 heterocycles. The molecule has 1 aliphatic heterocycles. The molecule has 1 atom stereocenters. The standard InChI is InChI=1S/C10H21NO3S/c1-10-5-3-6-11(9-10)7-4-8-14-15(2,12)13/h10H,3-9H2,1-2H3. The number of hydrogen-bond donors (Lipinski definition) is 0. The molecule has 5 heteroatoms. The minimum Gasteiger partial charge on any atom is -0.303 e. The highest BCUT2D eigenvalue weighted by Crippen LogP contribution is 2.15. The first-order chi connectivity index (χ1) is 6.97. The fourth-order valence-electron chi connectivity index (χ4n) is 1.99. The van der Waals surface area contributed by atoms with E-state index in [-0.39, 0.29) is 0 Å². The molecule has 0 aromatic rings. The summed E-state index contributed by atoms with van der Waals surface area (Å²) in [4.78, 5) is 2.39. The van der Waals surface area contributed by atoms with Gasteiger partial charge in [0.2, 0.25) is 0 Å². The van der Waals surface area contributed by atoms with Crippen molar-refractivity contribution in [3.8, 4) is 0 Å². The van der Waals surface area contributed by atoms with Crippen LogP contribution in [0, 0.1) is 5.92 Å². The van der Waals surface area contributed by atoms with Crippen LogP contribution in [0.1, 0.15) is 26.2 Å². The Labute approximate surface area is 92.7 Å². The third-order valence-electron chi connectivity index (χ3n) is 2.66. The molecular weight excluding hydrogens is 214 g/mol. The van der Waals surface area contributed by atoms with E-state index in [1.807, 2.05) is 0 Å². The molecule has 1 fully saturated rings. The Balaban J connectivity index is 2.09. The van der Waals surface area contributed by atoms with Crippen LogP contribution < -0.4 is 0 Å². The second-order valence-corrected chi connectivity index (χ2v) is 6.07. The predicted molar refractivity (Wildman–Crippen MR) is 60.3 cm³/mol. The first-order valence-electron chi connectivity index (χ1n) is 5.54. The zero-order valence-electron chi connectivity index (χ0n) is 9.61. The van der Waals surface area contributed by atoms with Gasteiger partial charge >= 0.3 is 0 Å². The van der Waals surface area contributed by atoms with E-state index >= 15 is 0 Å². The summed E-state index contributed by atoms with van der Waals surface area (Å²) in [6.07, 6.45) is 4.46. The molecule has 0 aromatic heterocycles. The smallest absolute Gasteiger partial charge is 0.264 e. The maximum absolute atomic E-state index is 10.7. The summed E-state index contributed by atoms with van der Waals surface area (Å²) < 4.78 is 26.1. The molecule has 4 nitrogen and oxygen atoms in total. The van der Waals surface area contributed by atoms with Crippen molar-refractivity contribution in [3.05, 3.63) is 0 Å². The van der Waals surface area contributed by atoms with Crippen molar-refractivity contribution in [1.82, 2.24) is 4.90 Å². The molecule has 1 saturated heterocycles. The topological polar surface area (TPSA) is 46.6 Å². The largest absolute Gasteiger partial charge is 0.303 e. The van der Waals surface area contributed by atoms with Crippen molar-refractivity contribution in [3.63, 3.8) is 0 Å². The molecule has 0 radical (unpaired) electrons. The van der Waals surface area contributed by atoms with Crippen molar-refractivity contribution in [2.75, 3.05) is 32.5 Å². The SMILES string of the molecule is CC1CCCN(CCCOS(C)(=O)=O)C1. The number of piperidine rings is 1. The minimum atomic E-state index is -3.26. The van der Waals surface area contributed by atoms with E-state index in [2.05, 4.69) is 11.8 Å².